The monoisotopic (exact) mass is 820 g/mol. The minimum absolute atomic E-state index is 0.0687. The molecule has 14 heteroatoms. The molecule has 0 aliphatic rings. The van der Waals surface area contributed by atoms with Crippen LogP contribution in [-0.2, 0) is 28.6 Å². The van der Waals surface area contributed by atoms with Gasteiger partial charge in [-0.15, -0.1) is 0 Å². The molecule has 2 amide bonds. The van der Waals surface area contributed by atoms with E-state index in [1.54, 1.807) is 0 Å². The lowest BCUT2D eigenvalue weighted by Crippen LogP contribution is -2.40. The van der Waals surface area contributed by atoms with Crippen LogP contribution >= 0.6 is 79.4 Å². The van der Waals surface area contributed by atoms with Crippen molar-refractivity contribution in [3.63, 3.8) is 0 Å². The van der Waals surface area contributed by atoms with Gasteiger partial charge in [-0.05, 0) is 79.4 Å². The highest BCUT2D eigenvalue weighted by molar-refractivity contribution is 14.1. The number of likely N-dealkylation sites (N-methyl/N-ethyl adjacent to an activating group) is 1. The van der Waals surface area contributed by atoms with Crippen molar-refractivity contribution in [2.24, 2.45) is 0 Å². The highest BCUT2D eigenvalue weighted by Gasteiger charge is 2.30. The molecule has 0 aliphatic heterocycles. The van der Waals surface area contributed by atoms with Gasteiger partial charge in [-0.25, -0.2) is 0 Å². The van der Waals surface area contributed by atoms with Crippen LogP contribution in [0.4, 0.5) is 5.69 Å². The molecule has 182 valence electrons. The lowest BCUT2D eigenvalue weighted by atomic mass is 10.1. The standard InChI is InChI=1S/C19H20ClI3N2O8/c1-8(26)32-6-10(33-9(2)27)5-25(3)19(30)13-14(21)12(18(20)29)15(22)17(16(13)23)24-11(28)7-31-4/h10H,5-7H2,1-4H3,(H,24,28). The van der Waals surface area contributed by atoms with Crippen molar-refractivity contribution in [3.8, 4) is 0 Å². The molecule has 1 atom stereocenters. The Morgan fingerprint density at radius 1 is 1.00 bits per heavy atom. The summed E-state index contributed by atoms with van der Waals surface area (Å²) in [6, 6.07) is 0. The Labute approximate surface area is 236 Å². The summed E-state index contributed by atoms with van der Waals surface area (Å²) in [7, 11) is 2.82. The topological polar surface area (TPSA) is 128 Å². The predicted molar refractivity (Wildman–Crippen MR) is 144 cm³/mol. The van der Waals surface area contributed by atoms with Gasteiger partial charge in [-0.1, -0.05) is 0 Å². The number of amides is 2. The molecule has 0 saturated carbocycles. The van der Waals surface area contributed by atoms with Crippen molar-refractivity contribution < 1.29 is 38.2 Å². The first-order valence-electron chi connectivity index (χ1n) is 9.06. The van der Waals surface area contributed by atoms with Crippen molar-refractivity contribution in [2.75, 3.05) is 39.2 Å². The number of esters is 2. The van der Waals surface area contributed by atoms with Crippen LogP contribution < -0.4 is 5.32 Å². The Morgan fingerprint density at radius 2 is 1.58 bits per heavy atom. The van der Waals surface area contributed by atoms with E-state index in [-0.39, 0.29) is 36.6 Å². The molecular weight excluding hydrogens is 800 g/mol. The second kappa shape index (κ2) is 13.9. The van der Waals surface area contributed by atoms with Crippen LogP contribution in [-0.4, -0.2) is 73.9 Å². The normalized spacial score (nSPS) is 11.4. The van der Waals surface area contributed by atoms with Crippen LogP contribution in [0.3, 0.4) is 0 Å². The maximum absolute atomic E-state index is 13.4. The molecule has 0 aromatic heterocycles. The highest BCUT2D eigenvalue weighted by Crippen LogP contribution is 2.37. The largest absolute Gasteiger partial charge is 0.462 e. The molecule has 1 aromatic rings. The maximum atomic E-state index is 13.4. The van der Waals surface area contributed by atoms with E-state index in [1.165, 1.54) is 32.9 Å². The third kappa shape index (κ3) is 8.74. The number of rotatable bonds is 10. The first-order chi connectivity index (χ1) is 15.3. The van der Waals surface area contributed by atoms with Crippen LogP contribution in [0.25, 0.3) is 0 Å². The quantitative estimate of drug-likeness (QED) is 0.217. The van der Waals surface area contributed by atoms with E-state index < -0.39 is 35.1 Å². The molecule has 1 rings (SSSR count). The van der Waals surface area contributed by atoms with Gasteiger partial charge >= 0.3 is 11.9 Å². The van der Waals surface area contributed by atoms with Gasteiger partial charge in [-0.2, -0.15) is 0 Å². The Morgan fingerprint density at radius 3 is 2.06 bits per heavy atom. The van der Waals surface area contributed by atoms with E-state index in [9.17, 15) is 24.0 Å². The van der Waals surface area contributed by atoms with Gasteiger partial charge < -0.3 is 24.4 Å². The number of anilines is 1. The number of hydrogen-bond donors (Lipinski definition) is 1. The van der Waals surface area contributed by atoms with Gasteiger partial charge in [0.2, 0.25) is 5.91 Å². The summed E-state index contributed by atoms with van der Waals surface area (Å²) in [4.78, 5) is 61.4. The van der Waals surface area contributed by atoms with Gasteiger partial charge in [-0.3, -0.25) is 24.0 Å². The Bertz CT molecular complexity index is 973. The van der Waals surface area contributed by atoms with Crippen LogP contribution in [0, 0.1) is 10.7 Å². The first-order valence-corrected chi connectivity index (χ1v) is 12.7. The van der Waals surface area contributed by atoms with E-state index in [2.05, 4.69) is 5.32 Å². The number of methoxy groups -OCH3 is 1. The molecule has 0 aliphatic carbocycles. The zero-order valence-electron chi connectivity index (χ0n) is 17.9. The molecule has 0 fully saturated rings. The zero-order valence-corrected chi connectivity index (χ0v) is 25.2. The Hall–Kier alpha value is -0.790. The molecule has 0 saturated heterocycles. The summed E-state index contributed by atoms with van der Waals surface area (Å²) in [6.45, 7) is 1.84. The maximum Gasteiger partial charge on any atom is 0.303 e. The third-order valence-corrected chi connectivity index (χ3v) is 7.32. The Balaban J connectivity index is 3.43. The van der Waals surface area contributed by atoms with Gasteiger partial charge in [0.1, 0.15) is 13.2 Å². The minimum Gasteiger partial charge on any atom is -0.462 e. The molecule has 33 heavy (non-hydrogen) atoms. The van der Waals surface area contributed by atoms with E-state index >= 15 is 0 Å². The molecule has 1 aromatic carbocycles. The zero-order chi connectivity index (χ0) is 25.5. The van der Waals surface area contributed by atoms with Crippen molar-refractivity contribution in [1.82, 2.24) is 4.90 Å². The summed E-state index contributed by atoms with van der Waals surface area (Å²) in [5.41, 5.74) is 0.444. The molecule has 0 bridgehead atoms. The highest BCUT2D eigenvalue weighted by atomic mass is 127. The number of carbonyl (C=O) groups excluding carboxylic acids is 5. The van der Waals surface area contributed by atoms with Crippen LogP contribution in [0.15, 0.2) is 0 Å². The number of halogens is 4. The third-order valence-electron chi connectivity index (χ3n) is 3.90. The minimum atomic E-state index is -0.908. The van der Waals surface area contributed by atoms with Crippen LogP contribution in [0.5, 0.6) is 0 Å². The number of benzene rings is 1. The summed E-state index contributed by atoms with van der Waals surface area (Å²) < 4.78 is 15.9. The summed E-state index contributed by atoms with van der Waals surface area (Å²) in [5, 5.41) is 1.85. The SMILES string of the molecule is COCC(=O)Nc1c(I)c(C(=O)Cl)c(I)c(C(=O)N(C)CC(COC(C)=O)OC(C)=O)c1I. The number of hydrogen-bond acceptors (Lipinski definition) is 8. The van der Waals surface area contributed by atoms with E-state index in [1.807, 2.05) is 67.8 Å². The second-order valence-electron chi connectivity index (χ2n) is 6.54. The number of ether oxygens (including phenoxy) is 3. The number of carbonyl (C=O) groups is 5. The smallest absolute Gasteiger partial charge is 0.303 e. The number of nitrogens with one attached hydrogen (secondary N) is 1. The molecule has 10 nitrogen and oxygen atoms in total. The lowest BCUT2D eigenvalue weighted by Gasteiger charge is -2.26. The molecule has 0 spiro atoms. The molecule has 0 heterocycles. The Kier molecular flexibility index (Phi) is 12.8. The second-order valence-corrected chi connectivity index (χ2v) is 10.1. The van der Waals surface area contributed by atoms with Gasteiger partial charge in [0.05, 0.1) is 30.5 Å². The van der Waals surface area contributed by atoms with Gasteiger partial charge in [0.15, 0.2) is 6.10 Å². The predicted octanol–water partition coefficient (Wildman–Crippen LogP) is 3.03. The summed E-state index contributed by atoms with van der Waals surface area (Å²) >= 11 is 11.4. The van der Waals surface area contributed by atoms with Crippen LogP contribution in [0.1, 0.15) is 34.6 Å². The molecule has 0 radical (unpaired) electrons. The molecule has 1 unspecified atom stereocenters. The fourth-order valence-electron chi connectivity index (χ4n) is 2.59. The average molecular weight is 821 g/mol. The molecular formula is C19H20ClI3N2O8. The van der Waals surface area contributed by atoms with E-state index in [4.69, 9.17) is 25.8 Å². The van der Waals surface area contributed by atoms with Gasteiger partial charge in [0.25, 0.3) is 11.1 Å². The van der Waals surface area contributed by atoms with E-state index in [0.29, 0.717) is 10.7 Å². The number of nitrogens with zero attached hydrogens (tertiary/aromatic N) is 1. The van der Waals surface area contributed by atoms with E-state index in [0.717, 1.165) is 0 Å². The van der Waals surface area contributed by atoms with Crippen LogP contribution in [0.2, 0.25) is 0 Å². The van der Waals surface area contributed by atoms with Crippen molar-refractivity contribution in [1.29, 1.82) is 0 Å². The average Bonchev–Trinajstić information content (AvgIpc) is 2.68. The van der Waals surface area contributed by atoms with Crippen molar-refractivity contribution in [2.45, 2.75) is 20.0 Å². The lowest BCUT2D eigenvalue weighted by molar-refractivity contribution is -0.156. The first kappa shape index (κ1) is 30.2. The van der Waals surface area contributed by atoms with Crippen molar-refractivity contribution >= 4 is 114 Å². The van der Waals surface area contributed by atoms with Gasteiger partial charge in [0, 0.05) is 31.6 Å². The summed E-state index contributed by atoms with van der Waals surface area (Å²) in [5.74, 6) is -2.18. The molecule has 1 N–H and O–H groups in total. The fraction of sp³-hybridized carbons (Fsp3) is 0.421. The summed E-state index contributed by atoms with van der Waals surface area (Å²) in [6.07, 6.45) is -0.908. The van der Waals surface area contributed by atoms with Crippen molar-refractivity contribution in [3.05, 3.63) is 21.8 Å². The fourth-order valence-corrected chi connectivity index (χ4v) is 7.48.